The molecule has 1 fully saturated rings. The summed E-state index contributed by atoms with van der Waals surface area (Å²) in [6, 6.07) is 4.66. The molecule has 1 amide bonds. The Morgan fingerprint density at radius 2 is 2.39 bits per heavy atom. The van der Waals surface area contributed by atoms with Crippen molar-refractivity contribution in [2.75, 3.05) is 24.3 Å². The summed E-state index contributed by atoms with van der Waals surface area (Å²) < 4.78 is 13.1. The van der Waals surface area contributed by atoms with E-state index >= 15 is 0 Å². The van der Waals surface area contributed by atoms with Crippen molar-refractivity contribution in [3.63, 3.8) is 0 Å². The second-order valence-electron chi connectivity index (χ2n) is 3.92. The molecule has 1 aromatic carbocycles. The fourth-order valence-corrected chi connectivity index (χ4v) is 3.60. The number of halogens is 2. The highest BCUT2D eigenvalue weighted by Crippen LogP contribution is 2.39. The molecule has 1 atom stereocenters. The van der Waals surface area contributed by atoms with Crippen LogP contribution in [0.1, 0.15) is 10.9 Å². The van der Waals surface area contributed by atoms with Gasteiger partial charge in [-0.3, -0.25) is 4.79 Å². The Morgan fingerprint density at radius 3 is 3.06 bits per heavy atom. The molecular weight excluding hydrogens is 293 g/mol. The summed E-state index contributed by atoms with van der Waals surface area (Å²) in [5.41, 5.74) is 0.887. The lowest BCUT2D eigenvalue weighted by Gasteiger charge is -2.24. The molecule has 1 unspecified atom stereocenters. The first-order chi connectivity index (χ1) is 8.63. The summed E-state index contributed by atoms with van der Waals surface area (Å²) in [4.78, 5) is 13.6. The van der Waals surface area contributed by atoms with Crippen LogP contribution in [-0.2, 0) is 4.79 Å². The van der Waals surface area contributed by atoms with Gasteiger partial charge < -0.3 is 4.90 Å². The summed E-state index contributed by atoms with van der Waals surface area (Å²) in [6.07, 6.45) is 2.01. The van der Waals surface area contributed by atoms with E-state index in [-0.39, 0.29) is 16.3 Å². The fraction of sp³-hybridized carbons (Fsp3) is 0.417. The van der Waals surface area contributed by atoms with E-state index in [2.05, 4.69) is 0 Å². The van der Waals surface area contributed by atoms with Crippen molar-refractivity contribution >= 4 is 41.0 Å². The molecule has 0 saturated carbocycles. The third-order valence-electron chi connectivity index (χ3n) is 2.73. The van der Waals surface area contributed by atoms with Gasteiger partial charge in [-0.05, 0) is 24.0 Å². The van der Waals surface area contributed by atoms with Crippen molar-refractivity contribution in [2.24, 2.45) is 0 Å². The summed E-state index contributed by atoms with van der Waals surface area (Å²) in [7, 11) is 0. The predicted octanol–water partition coefficient (Wildman–Crippen LogP) is 3.42. The first-order valence-electron chi connectivity index (χ1n) is 5.48. The van der Waals surface area contributed by atoms with Gasteiger partial charge in [0.25, 0.3) is 0 Å². The Morgan fingerprint density at radius 1 is 1.61 bits per heavy atom. The van der Waals surface area contributed by atoms with Gasteiger partial charge in [-0.25, -0.2) is 4.39 Å². The summed E-state index contributed by atoms with van der Waals surface area (Å²) in [5.74, 6) is 1.09. The van der Waals surface area contributed by atoms with Crippen molar-refractivity contribution in [1.29, 1.82) is 0 Å². The average Bonchev–Trinajstić information content (AvgIpc) is 2.72. The van der Waals surface area contributed by atoms with Crippen molar-refractivity contribution in [3.8, 4) is 0 Å². The van der Waals surface area contributed by atoms with Crippen molar-refractivity contribution in [2.45, 2.75) is 5.37 Å². The Kier molecular flexibility index (Phi) is 4.81. The van der Waals surface area contributed by atoms with E-state index in [0.29, 0.717) is 12.3 Å². The van der Waals surface area contributed by atoms with E-state index in [4.69, 9.17) is 11.6 Å². The van der Waals surface area contributed by atoms with E-state index in [1.54, 1.807) is 35.7 Å². The van der Waals surface area contributed by atoms with Gasteiger partial charge in [0.2, 0.25) is 5.91 Å². The first kappa shape index (κ1) is 14.0. The van der Waals surface area contributed by atoms with Crippen LogP contribution in [0.2, 0.25) is 5.02 Å². The summed E-state index contributed by atoms with van der Waals surface area (Å²) in [6.45, 7) is 0.715. The number of benzene rings is 1. The minimum absolute atomic E-state index is 0.0391. The highest BCUT2D eigenvalue weighted by molar-refractivity contribution is 8.00. The molecule has 18 heavy (non-hydrogen) atoms. The largest absolute Gasteiger partial charge is 0.325 e. The Hall–Kier alpha value is -0.390. The molecule has 2 rings (SSSR count). The lowest BCUT2D eigenvalue weighted by atomic mass is 10.2. The monoisotopic (exact) mass is 305 g/mol. The van der Waals surface area contributed by atoms with Crippen LogP contribution in [0.3, 0.4) is 0 Å². The maximum Gasteiger partial charge on any atom is 0.233 e. The van der Waals surface area contributed by atoms with Gasteiger partial charge in [-0.15, -0.1) is 11.8 Å². The van der Waals surface area contributed by atoms with Crippen LogP contribution >= 0.6 is 35.1 Å². The molecule has 2 nitrogen and oxygen atoms in total. The molecule has 1 saturated heterocycles. The van der Waals surface area contributed by atoms with Crippen molar-refractivity contribution in [1.82, 2.24) is 4.90 Å². The third kappa shape index (κ3) is 2.95. The maximum atomic E-state index is 13.1. The molecule has 1 aromatic rings. The highest BCUT2D eigenvalue weighted by atomic mass is 35.5. The van der Waals surface area contributed by atoms with Crippen LogP contribution in [0.25, 0.3) is 0 Å². The number of hydrogen-bond acceptors (Lipinski definition) is 3. The molecule has 0 N–H and O–H groups in total. The van der Waals surface area contributed by atoms with Gasteiger partial charge in [0, 0.05) is 12.3 Å². The minimum atomic E-state index is -0.426. The normalized spacial score (nSPS) is 19.6. The van der Waals surface area contributed by atoms with E-state index in [1.165, 1.54) is 6.07 Å². The molecule has 0 bridgehead atoms. The topological polar surface area (TPSA) is 20.3 Å². The van der Waals surface area contributed by atoms with Crippen LogP contribution in [0, 0.1) is 5.82 Å². The number of nitrogens with zero attached hydrogens (tertiary/aromatic N) is 1. The van der Waals surface area contributed by atoms with E-state index in [0.717, 1.165) is 11.3 Å². The summed E-state index contributed by atoms with van der Waals surface area (Å²) in [5, 5.41) is 0.0695. The predicted molar refractivity (Wildman–Crippen MR) is 76.7 cm³/mol. The van der Waals surface area contributed by atoms with Gasteiger partial charge >= 0.3 is 0 Å². The number of thioether (sulfide) groups is 2. The van der Waals surface area contributed by atoms with E-state index in [9.17, 15) is 9.18 Å². The molecule has 98 valence electrons. The zero-order chi connectivity index (χ0) is 13.1. The molecule has 0 spiro atoms. The van der Waals surface area contributed by atoms with Crippen LogP contribution in [0.5, 0.6) is 0 Å². The minimum Gasteiger partial charge on any atom is -0.325 e. The average molecular weight is 306 g/mol. The lowest BCUT2D eigenvalue weighted by molar-refractivity contribution is -0.127. The van der Waals surface area contributed by atoms with Gasteiger partial charge in [-0.1, -0.05) is 17.7 Å². The number of carbonyl (C=O) groups is 1. The quantitative estimate of drug-likeness (QED) is 0.850. The number of amides is 1. The molecule has 0 aliphatic carbocycles. The molecule has 0 radical (unpaired) electrons. The standard InChI is InChI=1S/C12H13ClFNOS2/c1-17-5-4-15-11(16)7-18-12(15)8-2-3-10(14)9(13)6-8/h2-3,6,12H,4-5,7H2,1H3. The van der Waals surface area contributed by atoms with Gasteiger partial charge in [0.1, 0.15) is 11.2 Å². The van der Waals surface area contributed by atoms with Crippen molar-refractivity contribution < 1.29 is 9.18 Å². The van der Waals surface area contributed by atoms with E-state index < -0.39 is 5.82 Å². The SMILES string of the molecule is CSCCN1C(=O)CSC1c1ccc(F)c(Cl)c1. The van der Waals surface area contributed by atoms with Crippen LogP contribution in [0.4, 0.5) is 4.39 Å². The fourth-order valence-electron chi connectivity index (χ4n) is 1.83. The Labute approximate surface area is 119 Å². The smallest absolute Gasteiger partial charge is 0.233 e. The van der Waals surface area contributed by atoms with Gasteiger partial charge in [0.15, 0.2) is 0 Å². The van der Waals surface area contributed by atoms with Crippen molar-refractivity contribution in [3.05, 3.63) is 34.6 Å². The molecule has 0 aromatic heterocycles. The van der Waals surface area contributed by atoms with Crippen LogP contribution in [-0.4, -0.2) is 35.1 Å². The molecule has 6 heteroatoms. The zero-order valence-corrected chi connectivity index (χ0v) is 12.2. The maximum absolute atomic E-state index is 13.1. The van der Waals surface area contributed by atoms with Gasteiger partial charge in [0.05, 0.1) is 10.8 Å². The zero-order valence-electron chi connectivity index (χ0n) is 9.86. The number of carbonyl (C=O) groups excluding carboxylic acids is 1. The highest BCUT2D eigenvalue weighted by Gasteiger charge is 2.32. The molecule has 1 aliphatic rings. The van der Waals surface area contributed by atoms with Gasteiger partial charge in [-0.2, -0.15) is 11.8 Å². The van der Waals surface area contributed by atoms with E-state index in [1.807, 2.05) is 11.2 Å². The van der Waals surface area contributed by atoms with Crippen LogP contribution in [0.15, 0.2) is 18.2 Å². The number of rotatable bonds is 4. The lowest BCUT2D eigenvalue weighted by Crippen LogP contribution is -2.30. The summed E-state index contributed by atoms with van der Waals surface area (Å²) >= 11 is 9.06. The van der Waals surface area contributed by atoms with Crippen LogP contribution < -0.4 is 0 Å². The molecule has 1 aliphatic heterocycles. The number of hydrogen-bond donors (Lipinski definition) is 0. The molecule has 1 heterocycles. The Balaban J connectivity index is 2.19. The second kappa shape index (κ2) is 6.17. The Bertz CT molecular complexity index is 458. The molecular formula is C12H13ClFNOS2. The first-order valence-corrected chi connectivity index (χ1v) is 8.30. The third-order valence-corrected chi connectivity index (χ3v) is 4.87. The second-order valence-corrected chi connectivity index (χ2v) is 6.38.